The molecular formula is C23H18ClF2NO3. The van der Waals surface area contributed by atoms with Crippen LogP contribution in [0.15, 0.2) is 49.2 Å². The minimum atomic E-state index is -0.798. The molecule has 0 spiro atoms. The van der Waals surface area contributed by atoms with E-state index in [1.54, 1.807) is 24.3 Å². The van der Waals surface area contributed by atoms with Gasteiger partial charge in [-0.3, -0.25) is 0 Å². The average Bonchev–Trinajstić information content (AvgIpc) is 2.74. The molecule has 30 heavy (non-hydrogen) atoms. The lowest BCUT2D eigenvalue weighted by molar-refractivity contribution is 0.191. The number of hydrogen-bond acceptors (Lipinski definition) is 4. The molecule has 1 N–H and O–H groups in total. The normalized spacial score (nSPS) is 14.8. The Kier molecular flexibility index (Phi) is 5.45. The second-order valence-electron chi connectivity index (χ2n) is 6.86. The van der Waals surface area contributed by atoms with Gasteiger partial charge in [-0.2, -0.15) is 0 Å². The van der Waals surface area contributed by atoms with Gasteiger partial charge in [0, 0.05) is 40.4 Å². The maximum atomic E-state index is 15.4. The van der Waals surface area contributed by atoms with Crippen LogP contribution < -0.4 is 9.47 Å². The molecule has 1 heterocycles. The number of aliphatic hydroxyl groups is 1. The summed E-state index contributed by atoms with van der Waals surface area (Å²) in [6.45, 7) is 5.52. The van der Waals surface area contributed by atoms with Crippen molar-refractivity contribution in [2.45, 2.75) is 12.8 Å². The number of aromatic nitrogens is 1. The maximum Gasteiger partial charge on any atom is 0.251 e. The molecular weight excluding hydrogens is 412 g/mol. The van der Waals surface area contributed by atoms with Crippen molar-refractivity contribution in [2.75, 3.05) is 13.2 Å². The Labute approximate surface area is 177 Å². The first kappa shape index (κ1) is 20.3. The molecule has 0 saturated heterocycles. The third-order valence-corrected chi connectivity index (χ3v) is 5.43. The van der Waals surface area contributed by atoms with E-state index in [1.165, 1.54) is 12.3 Å². The van der Waals surface area contributed by atoms with Gasteiger partial charge in [-0.05, 0) is 17.7 Å². The third kappa shape index (κ3) is 3.32. The van der Waals surface area contributed by atoms with Crippen LogP contribution in [-0.4, -0.2) is 23.3 Å². The van der Waals surface area contributed by atoms with Crippen LogP contribution in [0.4, 0.5) is 8.78 Å². The van der Waals surface area contributed by atoms with E-state index < -0.39 is 11.6 Å². The number of nitrogens with zero attached hydrogens (tertiary/aromatic N) is 1. The molecule has 1 atom stereocenters. The van der Waals surface area contributed by atoms with Gasteiger partial charge in [0.1, 0.15) is 23.9 Å². The number of halogens is 3. The summed E-state index contributed by atoms with van der Waals surface area (Å²) in [4.78, 5) is 3.99. The van der Waals surface area contributed by atoms with Crippen LogP contribution in [-0.2, 0) is 0 Å². The minimum absolute atomic E-state index is 0.0541. The fraction of sp³-hybridized carbons (Fsp3) is 0.174. The zero-order valence-corrected chi connectivity index (χ0v) is 16.8. The molecule has 0 unspecified atom stereocenters. The molecule has 4 rings (SSSR count). The van der Waals surface area contributed by atoms with Crippen LogP contribution in [0.25, 0.3) is 16.7 Å². The van der Waals surface area contributed by atoms with Gasteiger partial charge in [0.25, 0.3) is 5.88 Å². The summed E-state index contributed by atoms with van der Waals surface area (Å²) in [5, 5.41) is 8.75. The number of allylic oxidation sites excluding steroid dienone is 1. The predicted molar refractivity (Wildman–Crippen MR) is 111 cm³/mol. The van der Waals surface area contributed by atoms with E-state index in [0.29, 0.717) is 22.4 Å². The van der Waals surface area contributed by atoms with Gasteiger partial charge in [-0.1, -0.05) is 43.3 Å². The van der Waals surface area contributed by atoms with Gasteiger partial charge in [-0.15, -0.1) is 0 Å². The molecule has 0 amide bonds. The number of ether oxygens (including phenoxy) is 2. The molecule has 0 aliphatic heterocycles. The van der Waals surface area contributed by atoms with E-state index in [-0.39, 0.29) is 46.9 Å². The number of fused-ring (bicyclic) bond motifs is 3. The summed E-state index contributed by atoms with van der Waals surface area (Å²) in [5.41, 5.74) is 1.78. The predicted octanol–water partition coefficient (Wildman–Crippen LogP) is 5.97. The Morgan fingerprint density at radius 1 is 1.20 bits per heavy atom. The van der Waals surface area contributed by atoms with Crippen LogP contribution in [0.1, 0.15) is 24.0 Å². The molecule has 2 aromatic carbocycles. The first-order valence-electron chi connectivity index (χ1n) is 9.30. The van der Waals surface area contributed by atoms with Crippen LogP contribution in [0.2, 0.25) is 5.02 Å². The van der Waals surface area contributed by atoms with E-state index in [0.717, 1.165) is 0 Å². The molecule has 0 radical (unpaired) electrons. The summed E-state index contributed by atoms with van der Waals surface area (Å²) in [6.07, 6.45) is 1.42. The molecule has 154 valence electrons. The van der Waals surface area contributed by atoms with Crippen molar-refractivity contribution in [3.63, 3.8) is 0 Å². The SMILES string of the molecule is C=C1c2cnc(OCCO)c(F)c2-c2c(Cl)c(F)cc(Oc3ccccc3)c2[C@H]1C. The van der Waals surface area contributed by atoms with Crippen LogP contribution in [0.5, 0.6) is 17.4 Å². The van der Waals surface area contributed by atoms with Crippen molar-refractivity contribution in [1.82, 2.24) is 4.98 Å². The standard InChI is InChI=1S/C23H18ClF2NO3/c1-12-13(2)18-17(30-14-6-4-3-5-7-14)10-16(25)21(24)20(18)19-15(12)11-27-23(22(19)26)29-9-8-28/h3-7,10-11,13,28H,1,8-9H2,2H3/t13-/m0/s1. The second kappa shape index (κ2) is 8.05. The van der Waals surface area contributed by atoms with Gasteiger partial charge in [0.15, 0.2) is 5.82 Å². The number of aliphatic hydroxyl groups excluding tert-OH is 1. The number of para-hydroxylation sites is 1. The molecule has 3 aromatic rings. The highest BCUT2D eigenvalue weighted by molar-refractivity contribution is 6.34. The van der Waals surface area contributed by atoms with Crippen LogP contribution in [0.3, 0.4) is 0 Å². The average molecular weight is 430 g/mol. The van der Waals surface area contributed by atoms with Gasteiger partial charge in [0.05, 0.1) is 11.6 Å². The summed E-state index contributed by atoms with van der Waals surface area (Å²) in [7, 11) is 0. The summed E-state index contributed by atoms with van der Waals surface area (Å²) in [6, 6.07) is 10.1. The Morgan fingerprint density at radius 2 is 1.93 bits per heavy atom. The van der Waals surface area contributed by atoms with Crippen molar-refractivity contribution < 1.29 is 23.4 Å². The molecule has 0 saturated carbocycles. The van der Waals surface area contributed by atoms with Crippen molar-refractivity contribution in [2.24, 2.45) is 0 Å². The van der Waals surface area contributed by atoms with E-state index in [2.05, 4.69) is 11.6 Å². The molecule has 7 heteroatoms. The first-order chi connectivity index (χ1) is 14.4. The Morgan fingerprint density at radius 3 is 2.63 bits per heavy atom. The molecule has 1 aliphatic carbocycles. The fourth-order valence-corrected chi connectivity index (χ4v) is 3.85. The van der Waals surface area contributed by atoms with E-state index in [4.69, 9.17) is 26.2 Å². The van der Waals surface area contributed by atoms with Crippen LogP contribution in [0, 0.1) is 11.6 Å². The van der Waals surface area contributed by atoms with Gasteiger partial charge in [0.2, 0.25) is 0 Å². The van der Waals surface area contributed by atoms with E-state index in [9.17, 15) is 4.39 Å². The van der Waals surface area contributed by atoms with Crippen LogP contribution >= 0.6 is 11.6 Å². The minimum Gasteiger partial charge on any atom is -0.473 e. The quantitative estimate of drug-likeness (QED) is 0.542. The monoisotopic (exact) mass is 429 g/mol. The molecule has 1 aliphatic rings. The second-order valence-corrected chi connectivity index (χ2v) is 7.24. The smallest absolute Gasteiger partial charge is 0.251 e. The highest BCUT2D eigenvalue weighted by Crippen LogP contribution is 2.54. The Hall–Kier alpha value is -2.96. The van der Waals surface area contributed by atoms with E-state index in [1.807, 2.05) is 13.0 Å². The van der Waals surface area contributed by atoms with Crippen molar-refractivity contribution >= 4 is 17.2 Å². The van der Waals surface area contributed by atoms with Crippen molar-refractivity contribution in [3.05, 3.63) is 77.0 Å². The maximum absolute atomic E-state index is 15.4. The lowest BCUT2D eigenvalue weighted by Crippen LogP contribution is -2.14. The molecule has 4 nitrogen and oxygen atoms in total. The van der Waals surface area contributed by atoms with Gasteiger partial charge in [-0.25, -0.2) is 13.8 Å². The lowest BCUT2D eigenvalue weighted by Gasteiger charge is -2.30. The topological polar surface area (TPSA) is 51.6 Å². The fourth-order valence-electron chi connectivity index (χ4n) is 3.60. The number of rotatable bonds is 5. The molecule has 1 aromatic heterocycles. The van der Waals surface area contributed by atoms with Gasteiger partial charge < -0.3 is 14.6 Å². The highest BCUT2D eigenvalue weighted by atomic mass is 35.5. The third-order valence-electron chi connectivity index (χ3n) is 5.06. The first-order valence-corrected chi connectivity index (χ1v) is 9.68. The zero-order valence-electron chi connectivity index (χ0n) is 16.1. The van der Waals surface area contributed by atoms with E-state index >= 15 is 4.39 Å². The summed E-state index contributed by atoms with van der Waals surface area (Å²) in [5.74, 6) is -1.43. The summed E-state index contributed by atoms with van der Waals surface area (Å²) < 4.78 is 41.3. The molecule has 0 fully saturated rings. The largest absolute Gasteiger partial charge is 0.473 e. The number of pyridine rings is 1. The molecule has 0 bridgehead atoms. The van der Waals surface area contributed by atoms with Crippen molar-refractivity contribution in [3.8, 4) is 28.5 Å². The number of hydrogen-bond donors (Lipinski definition) is 1. The van der Waals surface area contributed by atoms with Crippen molar-refractivity contribution in [1.29, 1.82) is 0 Å². The summed E-state index contributed by atoms with van der Waals surface area (Å²) >= 11 is 6.33. The number of benzene rings is 2. The zero-order chi connectivity index (χ0) is 21.4. The Bertz CT molecular complexity index is 1140. The van der Waals surface area contributed by atoms with Gasteiger partial charge >= 0.3 is 0 Å². The Balaban J connectivity index is 1.97. The lowest BCUT2D eigenvalue weighted by atomic mass is 9.76. The highest BCUT2D eigenvalue weighted by Gasteiger charge is 2.35.